The van der Waals surface area contributed by atoms with Crippen molar-refractivity contribution in [2.75, 3.05) is 0 Å². The minimum atomic E-state index is -1.83. The topological polar surface area (TPSA) is 173 Å². The van der Waals surface area contributed by atoms with Crippen LogP contribution in [0.1, 0.15) is 10.4 Å². The number of nitrogens with zero attached hydrogens (tertiary/aromatic N) is 1. The Kier molecular flexibility index (Phi) is 5.38. The van der Waals surface area contributed by atoms with Gasteiger partial charge in [0, 0.05) is 11.1 Å². The first kappa shape index (κ1) is 18.5. The predicted molar refractivity (Wildman–Crippen MR) is 79.4 cm³/mol. The predicted octanol–water partition coefficient (Wildman–Crippen LogP) is -1.84. The van der Waals surface area contributed by atoms with E-state index in [0.717, 1.165) is 12.1 Å². The van der Waals surface area contributed by atoms with Crippen LogP contribution in [0.2, 0.25) is 5.02 Å². The van der Waals surface area contributed by atoms with Crippen LogP contribution in [0.25, 0.3) is 0 Å². The van der Waals surface area contributed by atoms with E-state index in [-0.39, 0.29) is 10.6 Å². The van der Waals surface area contributed by atoms with Gasteiger partial charge in [0.25, 0.3) is 11.6 Å². The molecule has 6 N–H and O–H groups in total. The van der Waals surface area contributed by atoms with Crippen molar-refractivity contribution in [1.82, 2.24) is 5.32 Å². The van der Waals surface area contributed by atoms with Gasteiger partial charge in [0.1, 0.15) is 36.1 Å². The number of aliphatic hydroxyl groups is 5. The van der Waals surface area contributed by atoms with Crippen molar-refractivity contribution in [2.45, 2.75) is 36.6 Å². The summed E-state index contributed by atoms with van der Waals surface area (Å²) in [6, 6.07) is 1.72. The molecule has 0 aromatic heterocycles. The van der Waals surface area contributed by atoms with Crippen molar-refractivity contribution in [3.63, 3.8) is 0 Å². The standard InChI is InChI=1S/C13H15ClN2O8/c14-4-1-2-5(6(3-4)16(23)24)13(22)15-7-8(17)10(19)12(21)11(20)9(7)18/h1-3,7-12,17-21H,(H,15,22)/t7?,8-,9+,10+,11-,12?. The molecule has 1 amide bonds. The average molecular weight is 363 g/mol. The van der Waals surface area contributed by atoms with Crippen LogP contribution in [0, 0.1) is 10.1 Å². The van der Waals surface area contributed by atoms with Crippen LogP contribution in [-0.2, 0) is 0 Å². The molecular weight excluding hydrogens is 348 g/mol. The molecule has 11 heteroatoms. The van der Waals surface area contributed by atoms with Crippen molar-refractivity contribution in [3.8, 4) is 0 Å². The lowest BCUT2D eigenvalue weighted by atomic mass is 9.83. The Morgan fingerprint density at radius 3 is 2.04 bits per heavy atom. The summed E-state index contributed by atoms with van der Waals surface area (Å²) in [6.45, 7) is 0. The molecule has 0 radical (unpaired) electrons. The van der Waals surface area contributed by atoms with Gasteiger partial charge in [-0.3, -0.25) is 14.9 Å². The molecule has 0 heterocycles. The van der Waals surface area contributed by atoms with Gasteiger partial charge >= 0.3 is 0 Å². The quantitative estimate of drug-likeness (QED) is 0.269. The highest BCUT2D eigenvalue weighted by Crippen LogP contribution is 2.25. The molecule has 1 aliphatic rings. The summed E-state index contributed by atoms with van der Waals surface area (Å²) >= 11 is 5.65. The summed E-state index contributed by atoms with van der Waals surface area (Å²) in [4.78, 5) is 22.4. The molecular formula is C13H15ClN2O8. The number of carbonyl (C=O) groups excluding carboxylic acids is 1. The van der Waals surface area contributed by atoms with Crippen LogP contribution >= 0.6 is 11.6 Å². The molecule has 1 saturated carbocycles. The molecule has 1 aliphatic carbocycles. The number of hydrogen-bond acceptors (Lipinski definition) is 8. The van der Waals surface area contributed by atoms with Gasteiger partial charge in [-0.05, 0) is 12.1 Å². The van der Waals surface area contributed by atoms with E-state index in [4.69, 9.17) is 11.6 Å². The molecule has 1 aromatic carbocycles. The smallest absolute Gasteiger partial charge is 0.283 e. The molecule has 2 rings (SSSR count). The fourth-order valence-corrected chi connectivity index (χ4v) is 2.65. The number of benzene rings is 1. The van der Waals surface area contributed by atoms with Crippen LogP contribution in [0.3, 0.4) is 0 Å². The number of amides is 1. The van der Waals surface area contributed by atoms with Crippen LogP contribution < -0.4 is 5.32 Å². The Labute approximate surface area is 140 Å². The normalized spacial score (nSPS) is 33.1. The largest absolute Gasteiger partial charge is 0.388 e. The van der Waals surface area contributed by atoms with E-state index >= 15 is 0 Å². The van der Waals surface area contributed by atoms with Crippen LogP contribution in [0.4, 0.5) is 5.69 Å². The van der Waals surface area contributed by atoms with E-state index in [1.807, 2.05) is 0 Å². The van der Waals surface area contributed by atoms with Gasteiger partial charge in [-0.25, -0.2) is 0 Å². The maximum atomic E-state index is 12.2. The second-order valence-electron chi connectivity index (χ2n) is 5.37. The maximum absolute atomic E-state index is 12.2. The number of carbonyl (C=O) groups is 1. The van der Waals surface area contributed by atoms with Crippen molar-refractivity contribution in [2.24, 2.45) is 0 Å². The lowest BCUT2D eigenvalue weighted by Gasteiger charge is -2.42. The Bertz CT molecular complexity index is 641. The molecule has 24 heavy (non-hydrogen) atoms. The van der Waals surface area contributed by atoms with Gasteiger partial charge in [0.05, 0.1) is 11.0 Å². The fourth-order valence-electron chi connectivity index (χ4n) is 2.48. The highest BCUT2D eigenvalue weighted by Gasteiger charge is 2.49. The second kappa shape index (κ2) is 6.97. The Hall–Kier alpha value is -1.82. The van der Waals surface area contributed by atoms with Gasteiger partial charge in [-0.1, -0.05) is 11.6 Å². The molecule has 0 saturated heterocycles. The minimum Gasteiger partial charge on any atom is -0.388 e. The molecule has 0 aliphatic heterocycles. The number of nitrogens with one attached hydrogen (secondary N) is 1. The first-order chi connectivity index (χ1) is 11.1. The zero-order chi connectivity index (χ0) is 18.2. The van der Waals surface area contributed by atoms with Gasteiger partial charge in [0.15, 0.2) is 0 Å². The van der Waals surface area contributed by atoms with E-state index < -0.39 is 53.1 Å². The number of nitro benzene ring substituents is 1. The summed E-state index contributed by atoms with van der Waals surface area (Å²) in [5.41, 5.74) is -0.986. The average Bonchev–Trinajstić information content (AvgIpc) is 2.54. The summed E-state index contributed by atoms with van der Waals surface area (Å²) in [5.74, 6) is -1.03. The van der Waals surface area contributed by atoms with E-state index in [2.05, 4.69) is 5.32 Å². The van der Waals surface area contributed by atoms with Crippen LogP contribution in [0.5, 0.6) is 0 Å². The fraction of sp³-hybridized carbons (Fsp3) is 0.462. The van der Waals surface area contributed by atoms with E-state index in [9.17, 15) is 40.4 Å². The van der Waals surface area contributed by atoms with Crippen molar-refractivity contribution in [1.29, 1.82) is 0 Å². The van der Waals surface area contributed by atoms with Gasteiger partial charge < -0.3 is 30.8 Å². The third-order valence-corrected chi connectivity index (χ3v) is 4.07. The number of rotatable bonds is 3. The summed E-state index contributed by atoms with van der Waals surface area (Å²) in [5, 5.41) is 61.6. The van der Waals surface area contributed by atoms with E-state index in [1.165, 1.54) is 6.07 Å². The van der Waals surface area contributed by atoms with Crippen molar-refractivity contribution >= 4 is 23.2 Å². The number of halogens is 1. The zero-order valence-electron chi connectivity index (χ0n) is 12.0. The number of hydrogen-bond donors (Lipinski definition) is 6. The number of aliphatic hydroxyl groups excluding tert-OH is 5. The highest BCUT2D eigenvalue weighted by molar-refractivity contribution is 6.31. The molecule has 1 aromatic rings. The van der Waals surface area contributed by atoms with E-state index in [1.54, 1.807) is 0 Å². The Morgan fingerprint density at radius 2 is 1.54 bits per heavy atom. The first-order valence-corrected chi connectivity index (χ1v) is 7.18. The monoisotopic (exact) mass is 362 g/mol. The molecule has 0 bridgehead atoms. The SMILES string of the molecule is O=C(NC1[C@@H](O)[C@H](O)C(O)[C@H](O)[C@H]1O)c1ccc(Cl)cc1[N+](=O)[O-]. The number of nitro groups is 1. The Balaban J connectivity index is 2.28. The lowest BCUT2D eigenvalue weighted by Crippen LogP contribution is -2.68. The molecule has 2 unspecified atom stereocenters. The van der Waals surface area contributed by atoms with Crippen LogP contribution in [-0.4, -0.2) is 72.9 Å². The van der Waals surface area contributed by atoms with Gasteiger partial charge in [-0.2, -0.15) is 0 Å². The third kappa shape index (κ3) is 3.34. The summed E-state index contributed by atoms with van der Waals surface area (Å²) < 4.78 is 0. The Morgan fingerprint density at radius 1 is 1.04 bits per heavy atom. The van der Waals surface area contributed by atoms with Crippen molar-refractivity contribution in [3.05, 3.63) is 38.9 Å². The molecule has 10 nitrogen and oxygen atoms in total. The molecule has 6 atom stereocenters. The van der Waals surface area contributed by atoms with Gasteiger partial charge in [0.2, 0.25) is 0 Å². The molecule has 0 spiro atoms. The lowest BCUT2D eigenvalue weighted by molar-refractivity contribution is -0.385. The molecule has 1 fully saturated rings. The first-order valence-electron chi connectivity index (χ1n) is 6.80. The van der Waals surface area contributed by atoms with E-state index in [0.29, 0.717) is 0 Å². The van der Waals surface area contributed by atoms with Crippen molar-refractivity contribution < 1.29 is 35.3 Å². The third-order valence-electron chi connectivity index (χ3n) is 3.83. The highest BCUT2D eigenvalue weighted by atomic mass is 35.5. The minimum absolute atomic E-state index is 0.0324. The van der Waals surface area contributed by atoms with Crippen LogP contribution in [0.15, 0.2) is 18.2 Å². The zero-order valence-corrected chi connectivity index (χ0v) is 12.7. The van der Waals surface area contributed by atoms with Gasteiger partial charge in [-0.15, -0.1) is 0 Å². The summed E-state index contributed by atoms with van der Waals surface area (Å²) in [7, 11) is 0. The summed E-state index contributed by atoms with van der Waals surface area (Å²) in [6.07, 6.45) is -9.06. The molecule has 132 valence electrons. The second-order valence-corrected chi connectivity index (χ2v) is 5.81. The maximum Gasteiger partial charge on any atom is 0.283 e.